The predicted octanol–water partition coefficient (Wildman–Crippen LogP) is 1.62. The van der Waals surface area contributed by atoms with Gasteiger partial charge in [0, 0.05) is 19.1 Å². The highest BCUT2D eigenvalue weighted by molar-refractivity contribution is 5.81. The smallest absolute Gasteiger partial charge is 0.253 e. The zero-order valence-corrected chi connectivity index (χ0v) is 14.3. The first kappa shape index (κ1) is 16.1. The Hall–Kier alpha value is -1.43. The molecule has 0 aromatic heterocycles. The van der Waals surface area contributed by atoms with E-state index in [2.05, 4.69) is 24.0 Å². The van der Waals surface area contributed by atoms with Gasteiger partial charge in [0.25, 0.3) is 5.91 Å². The zero-order valence-electron chi connectivity index (χ0n) is 14.3. The van der Waals surface area contributed by atoms with Crippen LogP contribution >= 0.6 is 0 Å². The molecular weight excluding hydrogens is 304 g/mol. The molecule has 1 aromatic rings. The summed E-state index contributed by atoms with van der Waals surface area (Å²) in [5.74, 6) is 0.116. The number of nitrogens with zero attached hydrogens (tertiary/aromatic N) is 2. The zero-order chi connectivity index (χ0) is 16.6. The highest BCUT2D eigenvalue weighted by Gasteiger charge is 2.41. The van der Waals surface area contributed by atoms with Gasteiger partial charge in [-0.1, -0.05) is 30.3 Å². The largest absolute Gasteiger partial charge is 0.367 e. The summed E-state index contributed by atoms with van der Waals surface area (Å²) in [4.78, 5) is 17.3. The van der Waals surface area contributed by atoms with Gasteiger partial charge in [0.1, 0.15) is 11.7 Å². The lowest BCUT2D eigenvalue weighted by Crippen LogP contribution is -2.57. The van der Waals surface area contributed by atoms with Gasteiger partial charge in [0.2, 0.25) is 0 Å². The molecule has 3 fully saturated rings. The van der Waals surface area contributed by atoms with Gasteiger partial charge in [0.05, 0.1) is 19.8 Å². The molecule has 5 nitrogen and oxygen atoms in total. The minimum absolute atomic E-state index is 0.116. The molecule has 3 saturated heterocycles. The van der Waals surface area contributed by atoms with Crippen LogP contribution in [0.4, 0.5) is 0 Å². The molecule has 3 aliphatic rings. The number of hydrogen-bond donors (Lipinski definition) is 0. The van der Waals surface area contributed by atoms with Crippen molar-refractivity contribution >= 4 is 5.91 Å². The first-order chi connectivity index (χ1) is 11.7. The summed E-state index contributed by atoms with van der Waals surface area (Å²) in [6.07, 6.45) is 2.10. The van der Waals surface area contributed by atoms with Crippen molar-refractivity contribution in [3.63, 3.8) is 0 Å². The quantitative estimate of drug-likeness (QED) is 0.826. The maximum Gasteiger partial charge on any atom is 0.253 e. The van der Waals surface area contributed by atoms with Crippen LogP contribution in [0, 0.1) is 0 Å². The fourth-order valence-electron chi connectivity index (χ4n) is 4.19. The van der Waals surface area contributed by atoms with Gasteiger partial charge in [-0.05, 0) is 31.9 Å². The van der Waals surface area contributed by atoms with E-state index in [1.54, 1.807) is 0 Å². The third-order valence-corrected chi connectivity index (χ3v) is 5.64. The topological polar surface area (TPSA) is 42.0 Å². The molecule has 0 bridgehead atoms. The molecule has 5 heteroatoms. The van der Waals surface area contributed by atoms with Crippen molar-refractivity contribution in [1.82, 2.24) is 9.80 Å². The summed E-state index contributed by atoms with van der Waals surface area (Å²) < 4.78 is 12.0. The summed E-state index contributed by atoms with van der Waals surface area (Å²) in [6, 6.07) is 10.7. The molecule has 1 aromatic carbocycles. The van der Waals surface area contributed by atoms with Crippen molar-refractivity contribution in [1.29, 1.82) is 0 Å². The van der Waals surface area contributed by atoms with E-state index in [4.69, 9.17) is 9.47 Å². The van der Waals surface area contributed by atoms with Gasteiger partial charge in [-0.2, -0.15) is 0 Å². The number of rotatable bonds is 2. The number of carbonyl (C=O) groups is 1. The monoisotopic (exact) mass is 330 g/mol. The first-order valence-corrected chi connectivity index (χ1v) is 9.00. The van der Waals surface area contributed by atoms with Gasteiger partial charge < -0.3 is 14.4 Å². The average Bonchev–Trinajstić information content (AvgIpc) is 3.09. The van der Waals surface area contributed by atoms with Crippen LogP contribution in [-0.2, 0) is 19.9 Å². The molecule has 0 spiro atoms. The highest BCUT2D eigenvalue weighted by Crippen LogP contribution is 2.30. The molecule has 3 unspecified atom stereocenters. The third kappa shape index (κ3) is 2.96. The Morgan fingerprint density at radius 1 is 1.25 bits per heavy atom. The Labute approximate surface area is 143 Å². The molecule has 3 aliphatic heterocycles. The lowest BCUT2D eigenvalue weighted by Gasteiger charge is -2.43. The Bertz CT molecular complexity index is 594. The van der Waals surface area contributed by atoms with Gasteiger partial charge in [-0.3, -0.25) is 9.69 Å². The van der Waals surface area contributed by atoms with Gasteiger partial charge >= 0.3 is 0 Å². The molecule has 1 amide bonds. The van der Waals surface area contributed by atoms with Crippen LogP contribution in [0.5, 0.6) is 0 Å². The van der Waals surface area contributed by atoms with E-state index < -0.39 is 5.60 Å². The molecule has 4 rings (SSSR count). The van der Waals surface area contributed by atoms with E-state index in [-0.39, 0.29) is 12.0 Å². The Morgan fingerprint density at radius 3 is 2.92 bits per heavy atom. The summed E-state index contributed by atoms with van der Waals surface area (Å²) >= 11 is 0. The number of carbonyl (C=O) groups excluding carboxylic acids is 1. The molecule has 24 heavy (non-hydrogen) atoms. The van der Waals surface area contributed by atoms with Crippen molar-refractivity contribution in [3.8, 4) is 0 Å². The molecule has 130 valence electrons. The minimum atomic E-state index is -0.444. The van der Waals surface area contributed by atoms with Crippen molar-refractivity contribution in [2.45, 2.75) is 37.5 Å². The fourth-order valence-corrected chi connectivity index (χ4v) is 4.19. The number of amides is 1. The fraction of sp³-hybridized carbons (Fsp3) is 0.632. The molecule has 0 radical (unpaired) electrons. The minimum Gasteiger partial charge on any atom is -0.367 e. The van der Waals surface area contributed by atoms with Crippen LogP contribution in [0.3, 0.4) is 0 Å². The Balaban J connectivity index is 1.45. The van der Waals surface area contributed by atoms with E-state index in [0.717, 1.165) is 18.7 Å². The van der Waals surface area contributed by atoms with E-state index >= 15 is 0 Å². The van der Waals surface area contributed by atoms with Crippen LogP contribution in [0.1, 0.15) is 25.3 Å². The number of fused-ring (bicyclic) bond motifs is 1. The second-order valence-corrected chi connectivity index (χ2v) is 7.32. The average molecular weight is 330 g/mol. The molecule has 3 atom stereocenters. The summed E-state index contributed by atoms with van der Waals surface area (Å²) in [7, 11) is 0. The molecule has 0 aliphatic carbocycles. The van der Waals surface area contributed by atoms with Crippen LogP contribution < -0.4 is 0 Å². The highest BCUT2D eigenvalue weighted by atomic mass is 16.5. The third-order valence-electron chi connectivity index (χ3n) is 5.64. The molecule has 3 heterocycles. The van der Waals surface area contributed by atoms with Crippen LogP contribution in [-0.4, -0.2) is 67.2 Å². The standard InChI is InChI=1S/C19H26N2O3/c1-19(15-6-3-2-4-7-15)14-21(10-11-24-19)18(22)17-12-20-9-5-8-16(20)13-23-17/h2-4,6-7,16-17H,5,8-14H2,1H3. The van der Waals surface area contributed by atoms with Gasteiger partial charge in [-0.25, -0.2) is 0 Å². The van der Waals surface area contributed by atoms with Crippen molar-refractivity contribution in [2.24, 2.45) is 0 Å². The van der Waals surface area contributed by atoms with E-state index in [1.165, 1.54) is 12.8 Å². The summed E-state index contributed by atoms with van der Waals surface area (Å²) in [5, 5.41) is 0. The SMILES string of the molecule is CC1(c2ccccc2)CN(C(=O)C2CN3CCCC3CO2)CCO1. The lowest BCUT2D eigenvalue weighted by molar-refractivity contribution is -0.166. The number of morpholine rings is 2. The van der Waals surface area contributed by atoms with Crippen LogP contribution in [0.25, 0.3) is 0 Å². The van der Waals surface area contributed by atoms with E-state index in [0.29, 0.717) is 32.3 Å². The predicted molar refractivity (Wildman–Crippen MR) is 90.7 cm³/mol. The molecule has 0 saturated carbocycles. The van der Waals surface area contributed by atoms with Gasteiger partial charge in [0.15, 0.2) is 0 Å². The van der Waals surface area contributed by atoms with Crippen LogP contribution in [0.15, 0.2) is 30.3 Å². The first-order valence-electron chi connectivity index (χ1n) is 9.00. The Morgan fingerprint density at radius 2 is 2.08 bits per heavy atom. The normalized spacial score (nSPS) is 34.1. The van der Waals surface area contributed by atoms with E-state index in [9.17, 15) is 4.79 Å². The second-order valence-electron chi connectivity index (χ2n) is 7.32. The number of benzene rings is 1. The van der Waals surface area contributed by atoms with E-state index in [1.807, 2.05) is 23.1 Å². The maximum absolute atomic E-state index is 13.0. The lowest BCUT2D eigenvalue weighted by atomic mass is 9.93. The van der Waals surface area contributed by atoms with Crippen molar-refractivity contribution in [2.75, 3.05) is 39.4 Å². The Kier molecular flexibility index (Phi) is 4.33. The van der Waals surface area contributed by atoms with Crippen molar-refractivity contribution < 1.29 is 14.3 Å². The molecule has 0 N–H and O–H groups in total. The molecular formula is C19H26N2O3. The number of ether oxygens (including phenoxy) is 2. The van der Waals surface area contributed by atoms with Gasteiger partial charge in [-0.15, -0.1) is 0 Å². The van der Waals surface area contributed by atoms with Crippen molar-refractivity contribution in [3.05, 3.63) is 35.9 Å². The summed E-state index contributed by atoms with van der Waals surface area (Å²) in [6.45, 7) is 6.39. The number of hydrogen-bond acceptors (Lipinski definition) is 4. The maximum atomic E-state index is 13.0. The summed E-state index contributed by atoms with van der Waals surface area (Å²) in [5.41, 5.74) is 0.673. The van der Waals surface area contributed by atoms with Crippen LogP contribution in [0.2, 0.25) is 0 Å². The second kappa shape index (κ2) is 6.47.